The molecule has 24 heavy (non-hydrogen) atoms. The number of carbonyl (C=O) groups is 2. The van der Waals surface area contributed by atoms with E-state index in [1.165, 1.54) is 0 Å². The molecule has 2 aliphatic rings. The summed E-state index contributed by atoms with van der Waals surface area (Å²) in [6.45, 7) is 1.25. The highest BCUT2D eigenvalue weighted by atomic mass is 16.5. The molecule has 2 amide bonds. The van der Waals surface area contributed by atoms with Crippen molar-refractivity contribution in [3.8, 4) is 0 Å². The van der Waals surface area contributed by atoms with Gasteiger partial charge in [-0.25, -0.2) is 0 Å². The van der Waals surface area contributed by atoms with Crippen LogP contribution in [0.5, 0.6) is 0 Å². The number of rotatable bonds is 5. The van der Waals surface area contributed by atoms with Gasteiger partial charge in [-0.3, -0.25) is 14.6 Å². The Bertz CT molecular complexity index is 582. The fourth-order valence-electron chi connectivity index (χ4n) is 4.00. The predicted octanol–water partition coefficient (Wildman–Crippen LogP) is 1.76. The zero-order chi connectivity index (χ0) is 17.0. The lowest BCUT2D eigenvalue weighted by atomic mass is 9.77. The topological polar surface area (TPSA) is 71.5 Å². The van der Waals surface area contributed by atoms with Crippen LogP contribution in [0.15, 0.2) is 24.5 Å². The number of nitrogens with one attached hydrogen (secondary N) is 1. The van der Waals surface area contributed by atoms with Crippen molar-refractivity contribution in [2.45, 2.75) is 50.1 Å². The number of hydrogen-bond donors (Lipinski definition) is 1. The normalized spacial score (nSPS) is 26.8. The second-order valence-electron chi connectivity index (χ2n) is 6.75. The molecule has 0 unspecified atom stereocenters. The lowest BCUT2D eigenvalue weighted by Gasteiger charge is -2.44. The number of carbonyl (C=O) groups excluding carboxylic acids is 2. The number of methoxy groups -OCH3 is 1. The van der Waals surface area contributed by atoms with Crippen LogP contribution in [0.4, 0.5) is 0 Å². The Morgan fingerprint density at radius 3 is 2.88 bits per heavy atom. The Kier molecular flexibility index (Phi) is 5.14. The SMILES string of the molecule is COCCN1C(=O)CCC12CCC(NC(=O)c1cccnc1)CC2. The number of hydrogen-bond acceptors (Lipinski definition) is 4. The minimum absolute atomic E-state index is 0.0227. The zero-order valence-electron chi connectivity index (χ0n) is 14.2. The van der Waals surface area contributed by atoms with Crippen LogP contribution in [-0.4, -0.2) is 53.5 Å². The first-order valence-corrected chi connectivity index (χ1v) is 8.65. The molecule has 1 saturated heterocycles. The third-order valence-electron chi connectivity index (χ3n) is 5.37. The summed E-state index contributed by atoms with van der Waals surface area (Å²) in [5, 5.41) is 3.10. The second-order valence-corrected chi connectivity index (χ2v) is 6.75. The monoisotopic (exact) mass is 331 g/mol. The van der Waals surface area contributed by atoms with Gasteiger partial charge in [0.1, 0.15) is 0 Å². The molecule has 1 N–H and O–H groups in total. The van der Waals surface area contributed by atoms with E-state index in [1.807, 2.05) is 4.90 Å². The van der Waals surface area contributed by atoms with Crippen LogP contribution in [0.1, 0.15) is 48.9 Å². The van der Waals surface area contributed by atoms with E-state index >= 15 is 0 Å². The highest BCUT2D eigenvalue weighted by molar-refractivity contribution is 5.94. The number of likely N-dealkylation sites (tertiary alicyclic amines) is 1. The molecule has 1 aromatic rings. The summed E-state index contributed by atoms with van der Waals surface area (Å²) in [5.74, 6) is 0.174. The molecule has 1 aliphatic carbocycles. The molecule has 0 aromatic carbocycles. The molecule has 1 spiro atoms. The Hall–Kier alpha value is -1.95. The van der Waals surface area contributed by atoms with Gasteiger partial charge >= 0.3 is 0 Å². The van der Waals surface area contributed by atoms with E-state index in [4.69, 9.17) is 4.74 Å². The fraction of sp³-hybridized carbons (Fsp3) is 0.611. The molecular weight excluding hydrogens is 306 g/mol. The van der Waals surface area contributed by atoms with Gasteiger partial charge < -0.3 is 15.0 Å². The van der Waals surface area contributed by atoms with Crippen LogP contribution in [0, 0.1) is 0 Å². The zero-order valence-corrected chi connectivity index (χ0v) is 14.2. The third kappa shape index (κ3) is 3.43. The van der Waals surface area contributed by atoms with Crippen molar-refractivity contribution in [1.29, 1.82) is 0 Å². The van der Waals surface area contributed by atoms with Crippen LogP contribution in [-0.2, 0) is 9.53 Å². The molecule has 0 bridgehead atoms. The van der Waals surface area contributed by atoms with Crippen LogP contribution < -0.4 is 5.32 Å². The number of aromatic nitrogens is 1. The van der Waals surface area contributed by atoms with Crippen LogP contribution in [0.25, 0.3) is 0 Å². The molecule has 2 heterocycles. The molecule has 130 valence electrons. The van der Waals surface area contributed by atoms with Crippen molar-refractivity contribution < 1.29 is 14.3 Å². The summed E-state index contributed by atoms with van der Waals surface area (Å²) in [5.41, 5.74) is 0.570. The van der Waals surface area contributed by atoms with Gasteiger partial charge in [-0.15, -0.1) is 0 Å². The van der Waals surface area contributed by atoms with Gasteiger partial charge in [0.05, 0.1) is 12.2 Å². The van der Waals surface area contributed by atoms with Crippen molar-refractivity contribution in [1.82, 2.24) is 15.2 Å². The predicted molar refractivity (Wildman–Crippen MR) is 89.5 cm³/mol. The molecule has 2 fully saturated rings. The number of nitrogens with zero attached hydrogens (tertiary/aromatic N) is 2. The van der Waals surface area contributed by atoms with Crippen molar-refractivity contribution in [3.05, 3.63) is 30.1 Å². The summed E-state index contributed by atoms with van der Waals surface area (Å²) in [6.07, 6.45) is 8.51. The Labute approximate surface area is 142 Å². The standard InChI is InChI=1S/C18H25N3O3/c1-24-12-11-21-16(22)6-9-18(21)7-4-15(5-8-18)20-17(23)14-3-2-10-19-13-14/h2-3,10,13,15H,4-9,11-12H2,1H3,(H,20,23). The van der Waals surface area contributed by atoms with E-state index in [0.29, 0.717) is 25.1 Å². The van der Waals surface area contributed by atoms with E-state index in [9.17, 15) is 9.59 Å². The number of amides is 2. The van der Waals surface area contributed by atoms with Gasteiger partial charge in [0.25, 0.3) is 5.91 Å². The van der Waals surface area contributed by atoms with Crippen molar-refractivity contribution in [2.24, 2.45) is 0 Å². The van der Waals surface area contributed by atoms with Gasteiger partial charge in [-0.05, 0) is 44.2 Å². The summed E-state index contributed by atoms with van der Waals surface area (Å²) in [6, 6.07) is 3.71. The van der Waals surface area contributed by atoms with Crippen molar-refractivity contribution >= 4 is 11.8 Å². The van der Waals surface area contributed by atoms with Crippen molar-refractivity contribution in [3.63, 3.8) is 0 Å². The average Bonchev–Trinajstić information content (AvgIpc) is 2.92. The maximum Gasteiger partial charge on any atom is 0.253 e. The maximum atomic E-state index is 12.3. The minimum Gasteiger partial charge on any atom is -0.383 e. The molecule has 1 saturated carbocycles. The largest absolute Gasteiger partial charge is 0.383 e. The van der Waals surface area contributed by atoms with Crippen LogP contribution in [0.3, 0.4) is 0 Å². The van der Waals surface area contributed by atoms with Gasteiger partial charge in [-0.2, -0.15) is 0 Å². The molecule has 6 heteroatoms. The summed E-state index contributed by atoms with van der Waals surface area (Å²) in [4.78, 5) is 30.5. The molecular formula is C18H25N3O3. The first-order valence-electron chi connectivity index (χ1n) is 8.65. The van der Waals surface area contributed by atoms with E-state index in [-0.39, 0.29) is 23.4 Å². The first kappa shape index (κ1) is 16.9. The summed E-state index contributed by atoms with van der Waals surface area (Å²) in [7, 11) is 1.66. The Morgan fingerprint density at radius 1 is 1.42 bits per heavy atom. The number of ether oxygens (including phenoxy) is 1. The smallest absolute Gasteiger partial charge is 0.253 e. The Morgan fingerprint density at radius 2 is 2.21 bits per heavy atom. The second kappa shape index (κ2) is 7.30. The highest BCUT2D eigenvalue weighted by Crippen LogP contribution is 2.42. The minimum atomic E-state index is -0.0669. The lowest BCUT2D eigenvalue weighted by Crippen LogP contribution is -2.52. The van der Waals surface area contributed by atoms with E-state index in [1.54, 1.807) is 31.6 Å². The summed E-state index contributed by atoms with van der Waals surface area (Å²) < 4.78 is 5.15. The first-order chi connectivity index (χ1) is 11.6. The van der Waals surface area contributed by atoms with Crippen LogP contribution >= 0.6 is 0 Å². The van der Waals surface area contributed by atoms with E-state index in [0.717, 1.165) is 32.1 Å². The molecule has 0 atom stereocenters. The third-order valence-corrected chi connectivity index (χ3v) is 5.37. The lowest BCUT2D eigenvalue weighted by molar-refractivity contribution is -0.133. The Balaban J connectivity index is 1.57. The molecule has 1 aromatic heterocycles. The van der Waals surface area contributed by atoms with Crippen molar-refractivity contribution in [2.75, 3.05) is 20.3 Å². The van der Waals surface area contributed by atoms with Gasteiger partial charge in [-0.1, -0.05) is 0 Å². The van der Waals surface area contributed by atoms with E-state index < -0.39 is 0 Å². The number of pyridine rings is 1. The molecule has 1 aliphatic heterocycles. The van der Waals surface area contributed by atoms with Crippen LogP contribution in [0.2, 0.25) is 0 Å². The van der Waals surface area contributed by atoms with E-state index in [2.05, 4.69) is 10.3 Å². The maximum absolute atomic E-state index is 12.3. The molecule has 0 radical (unpaired) electrons. The molecule has 6 nitrogen and oxygen atoms in total. The fourth-order valence-corrected chi connectivity index (χ4v) is 4.00. The quantitative estimate of drug-likeness (QED) is 0.892. The summed E-state index contributed by atoms with van der Waals surface area (Å²) >= 11 is 0. The van der Waals surface area contributed by atoms with Gasteiger partial charge in [0, 0.05) is 44.0 Å². The average molecular weight is 331 g/mol. The molecule has 3 rings (SSSR count). The highest BCUT2D eigenvalue weighted by Gasteiger charge is 2.46. The van der Waals surface area contributed by atoms with Gasteiger partial charge in [0.15, 0.2) is 0 Å². The van der Waals surface area contributed by atoms with Gasteiger partial charge in [0.2, 0.25) is 5.91 Å².